The van der Waals surface area contributed by atoms with Crippen molar-refractivity contribution in [2.75, 3.05) is 31.9 Å². The van der Waals surface area contributed by atoms with Gasteiger partial charge in [-0.3, -0.25) is 4.79 Å². The van der Waals surface area contributed by atoms with E-state index >= 15 is 0 Å². The van der Waals surface area contributed by atoms with Gasteiger partial charge in [0, 0.05) is 24.3 Å². The predicted octanol–water partition coefficient (Wildman–Crippen LogP) is 1.87. The SMILES string of the molecule is Nc1ccc(C(=O)NCCN2CCCCCC2)cc1. The molecule has 0 radical (unpaired) electrons. The summed E-state index contributed by atoms with van der Waals surface area (Å²) in [6.45, 7) is 3.99. The maximum absolute atomic E-state index is 11.9. The van der Waals surface area contributed by atoms with Crippen LogP contribution >= 0.6 is 0 Å². The van der Waals surface area contributed by atoms with Gasteiger partial charge in [0.15, 0.2) is 0 Å². The molecule has 0 unspecified atom stereocenters. The van der Waals surface area contributed by atoms with Crippen LogP contribution in [0.15, 0.2) is 24.3 Å². The highest BCUT2D eigenvalue weighted by atomic mass is 16.1. The first-order valence-electron chi connectivity index (χ1n) is 7.12. The number of amides is 1. The van der Waals surface area contributed by atoms with Crippen molar-refractivity contribution >= 4 is 11.6 Å². The van der Waals surface area contributed by atoms with E-state index in [-0.39, 0.29) is 5.91 Å². The molecule has 1 amide bonds. The Bertz CT molecular complexity index is 394. The number of hydrogen-bond acceptors (Lipinski definition) is 3. The number of nitrogens with one attached hydrogen (secondary N) is 1. The van der Waals surface area contributed by atoms with Gasteiger partial charge in [0.25, 0.3) is 5.91 Å². The monoisotopic (exact) mass is 261 g/mol. The third-order valence-corrected chi connectivity index (χ3v) is 3.59. The Balaban J connectivity index is 1.72. The number of likely N-dealkylation sites (tertiary alicyclic amines) is 1. The Hall–Kier alpha value is -1.55. The van der Waals surface area contributed by atoms with Crippen LogP contribution in [0.5, 0.6) is 0 Å². The lowest BCUT2D eigenvalue weighted by molar-refractivity contribution is 0.0948. The highest BCUT2D eigenvalue weighted by molar-refractivity contribution is 5.94. The number of nitrogen functional groups attached to an aromatic ring is 1. The summed E-state index contributed by atoms with van der Waals surface area (Å²) in [4.78, 5) is 14.3. The quantitative estimate of drug-likeness (QED) is 0.814. The Morgan fingerprint density at radius 2 is 1.74 bits per heavy atom. The molecular formula is C15H23N3O. The lowest BCUT2D eigenvalue weighted by atomic mass is 10.2. The van der Waals surface area contributed by atoms with Gasteiger partial charge < -0.3 is 16.0 Å². The Morgan fingerprint density at radius 3 is 2.37 bits per heavy atom. The summed E-state index contributed by atoms with van der Waals surface area (Å²) < 4.78 is 0. The topological polar surface area (TPSA) is 58.4 Å². The average Bonchev–Trinajstić information content (AvgIpc) is 2.68. The molecule has 0 spiro atoms. The lowest BCUT2D eigenvalue weighted by Crippen LogP contribution is -2.35. The highest BCUT2D eigenvalue weighted by Crippen LogP contribution is 2.09. The molecule has 1 aromatic rings. The second-order valence-electron chi connectivity index (χ2n) is 5.13. The minimum Gasteiger partial charge on any atom is -0.399 e. The summed E-state index contributed by atoms with van der Waals surface area (Å²) in [5.41, 5.74) is 6.95. The molecule has 0 aromatic heterocycles. The molecule has 1 saturated heterocycles. The molecule has 1 aromatic carbocycles. The van der Waals surface area contributed by atoms with Crippen LogP contribution in [0.2, 0.25) is 0 Å². The summed E-state index contributed by atoms with van der Waals surface area (Å²) in [6.07, 6.45) is 5.25. The first-order valence-corrected chi connectivity index (χ1v) is 7.12. The van der Waals surface area contributed by atoms with Crippen molar-refractivity contribution in [2.45, 2.75) is 25.7 Å². The molecule has 1 fully saturated rings. The molecule has 4 heteroatoms. The fourth-order valence-corrected chi connectivity index (χ4v) is 2.42. The van der Waals surface area contributed by atoms with E-state index in [1.165, 1.54) is 25.7 Å². The van der Waals surface area contributed by atoms with E-state index in [9.17, 15) is 4.79 Å². The third kappa shape index (κ3) is 4.56. The van der Waals surface area contributed by atoms with Gasteiger partial charge >= 0.3 is 0 Å². The average molecular weight is 261 g/mol. The Morgan fingerprint density at radius 1 is 1.11 bits per heavy atom. The molecule has 1 aliphatic rings. The van der Waals surface area contributed by atoms with Crippen molar-refractivity contribution in [3.05, 3.63) is 29.8 Å². The summed E-state index contributed by atoms with van der Waals surface area (Å²) >= 11 is 0. The summed E-state index contributed by atoms with van der Waals surface area (Å²) in [6, 6.07) is 7.03. The number of carbonyl (C=O) groups excluding carboxylic acids is 1. The van der Waals surface area contributed by atoms with E-state index in [1.807, 2.05) is 0 Å². The molecule has 104 valence electrons. The van der Waals surface area contributed by atoms with E-state index in [1.54, 1.807) is 24.3 Å². The number of nitrogens with two attached hydrogens (primary N) is 1. The lowest BCUT2D eigenvalue weighted by Gasteiger charge is -2.19. The number of anilines is 1. The predicted molar refractivity (Wildman–Crippen MR) is 78.1 cm³/mol. The zero-order chi connectivity index (χ0) is 13.5. The Kier molecular flexibility index (Phi) is 5.21. The first-order chi connectivity index (χ1) is 9.25. The standard InChI is InChI=1S/C15H23N3O/c16-14-7-5-13(6-8-14)15(19)17-9-12-18-10-3-1-2-4-11-18/h5-8H,1-4,9-12,16H2,(H,17,19). The van der Waals surface area contributed by atoms with E-state index < -0.39 is 0 Å². The molecule has 0 atom stereocenters. The van der Waals surface area contributed by atoms with E-state index in [4.69, 9.17) is 5.73 Å². The molecule has 1 heterocycles. The van der Waals surface area contributed by atoms with Crippen molar-refractivity contribution in [3.63, 3.8) is 0 Å². The van der Waals surface area contributed by atoms with Gasteiger partial charge in [-0.1, -0.05) is 12.8 Å². The summed E-state index contributed by atoms with van der Waals surface area (Å²) in [5.74, 6) is -0.0187. The van der Waals surface area contributed by atoms with Crippen molar-refractivity contribution in [2.24, 2.45) is 0 Å². The number of rotatable bonds is 4. The Labute approximate surface area is 115 Å². The number of benzene rings is 1. The van der Waals surface area contributed by atoms with Gasteiger partial charge in [0.2, 0.25) is 0 Å². The minimum atomic E-state index is -0.0187. The zero-order valence-corrected chi connectivity index (χ0v) is 11.4. The molecular weight excluding hydrogens is 238 g/mol. The zero-order valence-electron chi connectivity index (χ0n) is 11.4. The third-order valence-electron chi connectivity index (χ3n) is 3.59. The maximum Gasteiger partial charge on any atom is 0.251 e. The van der Waals surface area contributed by atoms with Crippen molar-refractivity contribution in [1.82, 2.24) is 10.2 Å². The van der Waals surface area contributed by atoms with Crippen molar-refractivity contribution in [1.29, 1.82) is 0 Å². The van der Waals surface area contributed by atoms with Gasteiger partial charge in [0.05, 0.1) is 0 Å². The molecule has 3 N–H and O–H groups in total. The van der Waals surface area contributed by atoms with Crippen LogP contribution in [0.25, 0.3) is 0 Å². The van der Waals surface area contributed by atoms with Gasteiger partial charge in [-0.15, -0.1) is 0 Å². The second kappa shape index (κ2) is 7.14. The van der Waals surface area contributed by atoms with E-state index in [0.717, 1.165) is 19.6 Å². The van der Waals surface area contributed by atoms with Crippen molar-refractivity contribution < 1.29 is 4.79 Å². The molecule has 0 saturated carbocycles. The van der Waals surface area contributed by atoms with Crippen LogP contribution in [0.3, 0.4) is 0 Å². The summed E-state index contributed by atoms with van der Waals surface area (Å²) in [5, 5.41) is 2.96. The van der Waals surface area contributed by atoms with E-state index in [2.05, 4.69) is 10.2 Å². The van der Waals surface area contributed by atoms with Gasteiger partial charge in [0.1, 0.15) is 0 Å². The first kappa shape index (κ1) is 13.9. The maximum atomic E-state index is 11.9. The van der Waals surface area contributed by atoms with Gasteiger partial charge in [-0.2, -0.15) is 0 Å². The number of carbonyl (C=O) groups is 1. The molecule has 0 aliphatic carbocycles. The van der Waals surface area contributed by atoms with Gasteiger partial charge in [-0.05, 0) is 50.2 Å². The molecule has 1 aliphatic heterocycles. The molecule has 0 bridgehead atoms. The fraction of sp³-hybridized carbons (Fsp3) is 0.533. The smallest absolute Gasteiger partial charge is 0.251 e. The molecule has 2 rings (SSSR count). The number of hydrogen-bond donors (Lipinski definition) is 2. The second-order valence-corrected chi connectivity index (χ2v) is 5.13. The van der Waals surface area contributed by atoms with Crippen LogP contribution in [-0.2, 0) is 0 Å². The van der Waals surface area contributed by atoms with Crippen LogP contribution in [0, 0.1) is 0 Å². The fourth-order valence-electron chi connectivity index (χ4n) is 2.42. The van der Waals surface area contributed by atoms with Crippen LogP contribution < -0.4 is 11.1 Å². The summed E-state index contributed by atoms with van der Waals surface area (Å²) in [7, 11) is 0. The highest BCUT2D eigenvalue weighted by Gasteiger charge is 2.09. The molecule has 19 heavy (non-hydrogen) atoms. The largest absolute Gasteiger partial charge is 0.399 e. The van der Waals surface area contributed by atoms with Crippen LogP contribution in [0.1, 0.15) is 36.0 Å². The van der Waals surface area contributed by atoms with Crippen molar-refractivity contribution in [3.8, 4) is 0 Å². The van der Waals surface area contributed by atoms with Crippen LogP contribution in [0.4, 0.5) is 5.69 Å². The number of nitrogens with zero attached hydrogens (tertiary/aromatic N) is 1. The molecule has 4 nitrogen and oxygen atoms in total. The normalized spacial score (nSPS) is 16.8. The van der Waals surface area contributed by atoms with Gasteiger partial charge in [-0.25, -0.2) is 0 Å². The van der Waals surface area contributed by atoms with Crippen LogP contribution in [-0.4, -0.2) is 37.0 Å². The van der Waals surface area contributed by atoms with E-state index in [0.29, 0.717) is 17.8 Å². The minimum absolute atomic E-state index is 0.0187.